The number of isocyanates is 2. The first kappa shape index (κ1) is 28.4. The van der Waals surface area contributed by atoms with E-state index in [1.807, 2.05) is 0 Å². The zero-order chi connectivity index (χ0) is 27.0. The van der Waals surface area contributed by atoms with Gasteiger partial charge in [0.15, 0.2) is 0 Å². The number of carbonyl (C=O) groups excluding carboxylic acids is 2. The average molecular weight is 475 g/mol. The minimum Gasteiger partial charge on any atom is -0.211 e. The number of benzene rings is 2. The summed E-state index contributed by atoms with van der Waals surface area (Å²) in [5.41, 5.74) is 7.17. The molecule has 0 aromatic heterocycles. The van der Waals surface area contributed by atoms with Crippen molar-refractivity contribution in [1.82, 2.24) is 0 Å². The van der Waals surface area contributed by atoms with Crippen molar-refractivity contribution in [1.29, 1.82) is 0 Å². The maximum Gasteiger partial charge on any atom is 0.240 e. The maximum absolute atomic E-state index is 11.3. The third-order valence-corrected chi connectivity index (χ3v) is 6.29. The minimum absolute atomic E-state index is 0.193. The van der Waals surface area contributed by atoms with E-state index in [0.717, 1.165) is 44.8 Å². The molecule has 0 saturated heterocycles. The van der Waals surface area contributed by atoms with E-state index in [4.69, 9.17) is 0 Å². The van der Waals surface area contributed by atoms with E-state index in [9.17, 15) is 9.59 Å². The van der Waals surface area contributed by atoms with Crippen LogP contribution in [0.25, 0.3) is 0 Å². The summed E-state index contributed by atoms with van der Waals surface area (Å²) in [6, 6.07) is 8.71. The van der Waals surface area contributed by atoms with Crippen LogP contribution in [0.1, 0.15) is 116 Å². The van der Waals surface area contributed by atoms with Crippen molar-refractivity contribution in [2.75, 3.05) is 0 Å². The largest absolute Gasteiger partial charge is 0.240 e. The highest BCUT2D eigenvalue weighted by atomic mass is 16.1. The first-order valence-corrected chi connectivity index (χ1v) is 12.3. The van der Waals surface area contributed by atoms with Gasteiger partial charge in [0.25, 0.3) is 0 Å². The quantitative estimate of drug-likeness (QED) is 0.330. The number of nitrogens with zero attached hydrogens (tertiary/aromatic N) is 2. The van der Waals surface area contributed by atoms with Crippen LogP contribution in [0, 0.1) is 0 Å². The average Bonchev–Trinajstić information content (AvgIpc) is 2.66. The molecule has 0 unspecified atom stereocenters. The first-order valence-electron chi connectivity index (χ1n) is 12.3. The van der Waals surface area contributed by atoms with Crippen LogP contribution in [-0.2, 0) is 37.7 Å². The van der Waals surface area contributed by atoms with E-state index in [-0.39, 0.29) is 21.7 Å². The molecular weight excluding hydrogens is 432 g/mol. The molecule has 0 aliphatic carbocycles. The zero-order valence-corrected chi connectivity index (χ0v) is 23.7. The highest BCUT2D eigenvalue weighted by Crippen LogP contribution is 2.43. The number of rotatable bonds is 4. The fraction of sp³-hybridized carbons (Fsp3) is 0.548. The lowest BCUT2D eigenvalue weighted by Gasteiger charge is -2.30. The van der Waals surface area contributed by atoms with Gasteiger partial charge in [-0.25, -0.2) is 9.59 Å². The molecule has 0 aliphatic heterocycles. The summed E-state index contributed by atoms with van der Waals surface area (Å²) >= 11 is 0. The molecule has 0 heterocycles. The molecule has 0 aliphatic rings. The molecule has 4 heteroatoms. The van der Waals surface area contributed by atoms with Gasteiger partial charge >= 0.3 is 0 Å². The molecule has 4 nitrogen and oxygen atoms in total. The zero-order valence-electron chi connectivity index (χ0n) is 23.7. The van der Waals surface area contributed by atoms with Gasteiger partial charge < -0.3 is 0 Å². The molecule has 0 atom stereocenters. The van der Waals surface area contributed by atoms with Gasteiger partial charge in [-0.1, -0.05) is 107 Å². The fourth-order valence-corrected chi connectivity index (χ4v) is 4.45. The van der Waals surface area contributed by atoms with E-state index in [2.05, 4.69) is 117 Å². The lowest BCUT2D eigenvalue weighted by Crippen LogP contribution is -2.19. The fourth-order valence-electron chi connectivity index (χ4n) is 4.45. The van der Waals surface area contributed by atoms with Crippen LogP contribution in [0.3, 0.4) is 0 Å². The Kier molecular flexibility index (Phi) is 7.87. The summed E-state index contributed by atoms with van der Waals surface area (Å²) in [6.45, 7) is 25.7. The van der Waals surface area contributed by atoms with E-state index in [0.29, 0.717) is 6.42 Å². The third-order valence-electron chi connectivity index (χ3n) is 6.29. The molecule has 0 saturated carbocycles. The monoisotopic (exact) mass is 474 g/mol. The van der Waals surface area contributed by atoms with Crippen LogP contribution in [0.4, 0.5) is 11.4 Å². The van der Waals surface area contributed by atoms with Gasteiger partial charge in [0.1, 0.15) is 0 Å². The molecular formula is C31H42N2O2. The van der Waals surface area contributed by atoms with Crippen LogP contribution >= 0.6 is 0 Å². The number of aliphatic imine (C=N–C) groups is 2. The Morgan fingerprint density at radius 1 is 0.514 bits per heavy atom. The number of hydrogen-bond acceptors (Lipinski definition) is 4. The highest BCUT2D eigenvalue weighted by molar-refractivity contribution is 5.66. The Morgan fingerprint density at radius 3 is 0.914 bits per heavy atom. The minimum atomic E-state index is -0.193. The third kappa shape index (κ3) is 6.66. The Bertz CT molecular complexity index is 1030. The second-order valence-electron chi connectivity index (χ2n) is 13.7. The summed E-state index contributed by atoms with van der Waals surface area (Å²) < 4.78 is 0. The molecule has 2 aromatic rings. The maximum atomic E-state index is 11.3. The normalized spacial score (nSPS) is 12.7. The van der Waals surface area contributed by atoms with Crippen molar-refractivity contribution in [3.63, 3.8) is 0 Å². The molecule has 0 amide bonds. The van der Waals surface area contributed by atoms with Crippen LogP contribution in [0.5, 0.6) is 0 Å². The second-order valence-corrected chi connectivity index (χ2v) is 13.7. The van der Waals surface area contributed by atoms with Crippen LogP contribution in [0.2, 0.25) is 0 Å². The molecule has 0 fully saturated rings. The van der Waals surface area contributed by atoms with Gasteiger partial charge in [-0.15, -0.1) is 0 Å². The summed E-state index contributed by atoms with van der Waals surface area (Å²) in [4.78, 5) is 31.0. The Balaban J connectivity index is 2.89. The summed E-state index contributed by atoms with van der Waals surface area (Å²) in [5.74, 6) is 0. The van der Waals surface area contributed by atoms with Crippen LogP contribution in [-0.4, -0.2) is 12.2 Å². The van der Waals surface area contributed by atoms with Gasteiger partial charge in [-0.2, -0.15) is 9.98 Å². The number of hydrogen-bond donors (Lipinski definition) is 0. The van der Waals surface area contributed by atoms with E-state index in [1.54, 1.807) is 12.2 Å². The van der Waals surface area contributed by atoms with Gasteiger partial charge in [-0.05, 0) is 61.5 Å². The smallest absolute Gasteiger partial charge is 0.211 e. The highest BCUT2D eigenvalue weighted by Gasteiger charge is 2.29. The Labute approximate surface area is 212 Å². The van der Waals surface area contributed by atoms with Crippen molar-refractivity contribution in [2.24, 2.45) is 9.98 Å². The molecule has 188 valence electrons. The second kappa shape index (κ2) is 9.69. The summed E-state index contributed by atoms with van der Waals surface area (Å²) in [6.07, 6.45) is 4.27. The predicted octanol–water partition coefficient (Wildman–Crippen LogP) is 8.40. The van der Waals surface area contributed by atoms with Crippen LogP contribution in [0.15, 0.2) is 34.3 Å². The van der Waals surface area contributed by atoms with Gasteiger partial charge in [-0.3, -0.25) is 0 Å². The van der Waals surface area contributed by atoms with Crippen molar-refractivity contribution < 1.29 is 9.59 Å². The standard InChI is InChI=1S/C31H42N2O2/c1-28(2,3)22-14-20(15-23(29(4,5)6)26(22)32-18-34)13-21-16-24(30(7,8)9)27(33-19-35)25(17-21)31(10,11)12/h14-17H,13H2,1-12H3. The molecule has 0 radical (unpaired) electrons. The lowest BCUT2D eigenvalue weighted by molar-refractivity contribution is 0.559. The van der Waals surface area contributed by atoms with Crippen molar-refractivity contribution in [3.05, 3.63) is 57.6 Å². The molecule has 2 aromatic carbocycles. The van der Waals surface area contributed by atoms with Gasteiger partial charge in [0.2, 0.25) is 12.2 Å². The Hall–Kier alpha value is -2.80. The molecule has 0 bridgehead atoms. The van der Waals surface area contributed by atoms with Gasteiger partial charge in [0, 0.05) is 0 Å². The Morgan fingerprint density at radius 2 is 0.743 bits per heavy atom. The van der Waals surface area contributed by atoms with E-state index in [1.165, 1.54) is 0 Å². The first-order chi connectivity index (χ1) is 15.8. The van der Waals surface area contributed by atoms with Crippen molar-refractivity contribution in [3.8, 4) is 0 Å². The molecule has 2 rings (SSSR count). The predicted molar refractivity (Wildman–Crippen MR) is 146 cm³/mol. The summed E-state index contributed by atoms with van der Waals surface area (Å²) in [7, 11) is 0. The van der Waals surface area contributed by atoms with E-state index < -0.39 is 0 Å². The van der Waals surface area contributed by atoms with E-state index >= 15 is 0 Å². The topological polar surface area (TPSA) is 58.9 Å². The van der Waals surface area contributed by atoms with Crippen molar-refractivity contribution >= 4 is 23.5 Å². The molecule has 35 heavy (non-hydrogen) atoms. The van der Waals surface area contributed by atoms with Crippen LogP contribution < -0.4 is 0 Å². The van der Waals surface area contributed by atoms with Crippen molar-refractivity contribution in [2.45, 2.75) is 111 Å². The summed E-state index contributed by atoms with van der Waals surface area (Å²) in [5, 5.41) is 0. The molecule has 0 N–H and O–H groups in total. The molecule has 0 spiro atoms. The van der Waals surface area contributed by atoms with Gasteiger partial charge in [0.05, 0.1) is 11.4 Å². The SMILES string of the molecule is CC(C)(C)c1cc(Cc2cc(C(C)(C)C)c(N=C=O)c(C(C)(C)C)c2)cc(C(C)(C)C)c1N=C=O. The lowest BCUT2D eigenvalue weighted by atomic mass is 9.75.